The Morgan fingerprint density at radius 2 is 1.94 bits per heavy atom. The van der Waals surface area contributed by atoms with Gasteiger partial charge in [-0.15, -0.1) is 5.10 Å². The number of aromatic carboxylic acids is 1. The molecule has 1 saturated carbocycles. The zero-order chi connectivity index (χ0) is 13.3. The van der Waals surface area contributed by atoms with Crippen LogP contribution in [0, 0.1) is 11.3 Å². The van der Waals surface area contributed by atoms with Gasteiger partial charge in [-0.05, 0) is 37.0 Å². The Balaban J connectivity index is 1.99. The lowest BCUT2D eigenvalue weighted by atomic mass is 9.71. The van der Waals surface area contributed by atoms with Crippen molar-refractivity contribution in [3.05, 3.63) is 11.9 Å². The number of carboxylic acids is 1. The molecule has 0 radical (unpaired) electrons. The molecule has 0 aliphatic heterocycles. The third-order valence-electron chi connectivity index (χ3n) is 4.02. The van der Waals surface area contributed by atoms with Gasteiger partial charge in [-0.25, -0.2) is 9.48 Å². The highest BCUT2D eigenvalue weighted by Crippen LogP contribution is 2.41. The van der Waals surface area contributed by atoms with Crippen LogP contribution < -0.4 is 0 Å². The highest BCUT2D eigenvalue weighted by molar-refractivity contribution is 5.84. The fraction of sp³-hybridized carbons (Fsp3) is 0.769. The number of carboxylic acid groups (broad SMARTS) is 1. The second kappa shape index (κ2) is 4.71. The van der Waals surface area contributed by atoms with Crippen LogP contribution in [0.5, 0.6) is 0 Å². The zero-order valence-corrected chi connectivity index (χ0v) is 11.3. The third-order valence-corrected chi connectivity index (χ3v) is 4.02. The van der Waals surface area contributed by atoms with E-state index in [4.69, 9.17) is 5.11 Å². The lowest BCUT2D eigenvalue weighted by Crippen LogP contribution is -2.27. The normalized spacial score (nSPS) is 25.1. The van der Waals surface area contributed by atoms with Crippen LogP contribution >= 0.6 is 0 Å². The topological polar surface area (TPSA) is 68.0 Å². The summed E-state index contributed by atoms with van der Waals surface area (Å²) in [5.41, 5.74) is 0.396. The van der Waals surface area contributed by atoms with E-state index in [2.05, 4.69) is 31.1 Å². The van der Waals surface area contributed by atoms with E-state index in [0.717, 1.165) is 18.8 Å². The Morgan fingerprint density at radius 3 is 2.39 bits per heavy atom. The van der Waals surface area contributed by atoms with E-state index in [9.17, 15) is 4.79 Å². The summed E-state index contributed by atoms with van der Waals surface area (Å²) in [4.78, 5) is 10.8. The molecular formula is C13H21N3O2. The summed E-state index contributed by atoms with van der Waals surface area (Å²) in [6.07, 6.45) is 6.02. The molecule has 5 nitrogen and oxygen atoms in total. The van der Waals surface area contributed by atoms with Gasteiger partial charge in [-0.3, -0.25) is 0 Å². The van der Waals surface area contributed by atoms with Crippen molar-refractivity contribution in [3.63, 3.8) is 0 Å². The second-order valence-electron chi connectivity index (χ2n) is 6.26. The standard InChI is InChI=1S/C13H21N3O2/c1-13(2,3)9-4-6-10(7-5-9)16-8-11(12(17)18)14-15-16/h8-10H,4-7H2,1-3H3,(H,17,18). The molecule has 18 heavy (non-hydrogen) atoms. The fourth-order valence-electron chi connectivity index (χ4n) is 2.76. The minimum atomic E-state index is -1.01. The first-order valence-electron chi connectivity index (χ1n) is 6.53. The smallest absolute Gasteiger partial charge is 0.358 e. The first kappa shape index (κ1) is 13.1. The van der Waals surface area contributed by atoms with E-state index >= 15 is 0 Å². The number of carbonyl (C=O) groups is 1. The maximum absolute atomic E-state index is 10.8. The Hall–Kier alpha value is -1.39. The van der Waals surface area contributed by atoms with Gasteiger partial charge in [0.05, 0.1) is 12.2 Å². The van der Waals surface area contributed by atoms with Gasteiger partial charge in [0.15, 0.2) is 5.69 Å². The maximum atomic E-state index is 10.8. The van der Waals surface area contributed by atoms with Gasteiger partial charge in [0.1, 0.15) is 0 Å². The lowest BCUT2D eigenvalue weighted by molar-refractivity contribution is 0.0690. The number of aromatic nitrogens is 3. The van der Waals surface area contributed by atoms with Crippen molar-refractivity contribution < 1.29 is 9.90 Å². The molecule has 1 aromatic rings. The van der Waals surface area contributed by atoms with Crippen LogP contribution in [0.3, 0.4) is 0 Å². The molecule has 2 rings (SSSR count). The first-order chi connectivity index (χ1) is 8.38. The van der Waals surface area contributed by atoms with Gasteiger partial charge in [0.25, 0.3) is 0 Å². The van der Waals surface area contributed by atoms with E-state index in [-0.39, 0.29) is 5.69 Å². The summed E-state index contributed by atoms with van der Waals surface area (Å²) in [5.74, 6) is -0.263. The van der Waals surface area contributed by atoms with Crippen molar-refractivity contribution in [1.29, 1.82) is 0 Å². The van der Waals surface area contributed by atoms with E-state index in [1.54, 1.807) is 10.9 Å². The van der Waals surface area contributed by atoms with Crippen molar-refractivity contribution >= 4 is 5.97 Å². The highest BCUT2D eigenvalue weighted by atomic mass is 16.4. The minimum Gasteiger partial charge on any atom is -0.476 e. The molecule has 1 aliphatic carbocycles. The molecule has 1 heterocycles. The summed E-state index contributed by atoms with van der Waals surface area (Å²) in [5, 5.41) is 16.4. The molecule has 0 amide bonds. The van der Waals surface area contributed by atoms with Gasteiger partial charge >= 0.3 is 5.97 Å². The number of hydrogen-bond donors (Lipinski definition) is 1. The van der Waals surface area contributed by atoms with Crippen LogP contribution in [0.25, 0.3) is 0 Å². The summed E-state index contributed by atoms with van der Waals surface area (Å²) >= 11 is 0. The van der Waals surface area contributed by atoms with E-state index in [1.165, 1.54) is 12.8 Å². The second-order valence-corrected chi connectivity index (χ2v) is 6.26. The SMILES string of the molecule is CC(C)(C)C1CCC(n2cc(C(=O)O)nn2)CC1. The number of nitrogens with zero attached hydrogens (tertiary/aromatic N) is 3. The fourth-order valence-corrected chi connectivity index (χ4v) is 2.76. The van der Waals surface area contributed by atoms with E-state index in [1.807, 2.05) is 0 Å². The Bertz CT molecular complexity index is 426. The molecule has 0 bridgehead atoms. The predicted molar refractivity (Wildman–Crippen MR) is 67.4 cm³/mol. The van der Waals surface area contributed by atoms with Crippen LogP contribution in [0.15, 0.2) is 6.20 Å². The van der Waals surface area contributed by atoms with Crippen LogP contribution in [-0.2, 0) is 0 Å². The first-order valence-corrected chi connectivity index (χ1v) is 6.53. The minimum absolute atomic E-state index is 0.0351. The Labute approximate surface area is 107 Å². The Kier molecular flexibility index (Phi) is 3.41. The van der Waals surface area contributed by atoms with Gasteiger partial charge < -0.3 is 5.11 Å². The molecule has 100 valence electrons. The van der Waals surface area contributed by atoms with Gasteiger partial charge in [0, 0.05) is 0 Å². The predicted octanol–water partition coefficient (Wildman–Crippen LogP) is 2.75. The summed E-state index contributed by atoms with van der Waals surface area (Å²) in [6.45, 7) is 6.86. The monoisotopic (exact) mass is 251 g/mol. The average molecular weight is 251 g/mol. The average Bonchev–Trinajstić information content (AvgIpc) is 2.77. The zero-order valence-electron chi connectivity index (χ0n) is 11.3. The Morgan fingerprint density at radius 1 is 1.33 bits per heavy atom. The van der Waals surface area contributed by atoms with Crippen molar-refractivity contribution in [2.45, 2.75) is 52.5 Å². The van der Waals surface area contributed by atoms with Crippen molar-refractivity contribution in [2.75, 3.05) is 0 Å². The molecule has 1 aromatic heterocycles. The molecule has 5 heteroatoms. The van der Waals surface area contributed by atoms with Crippen LogP contribution in [0.1, 0.15) is 63.0 Å². The van der Waals surface area contributed by atoms with Crippen LogP contribution in [0.4, 0.5) is 0 Å². The molecule has 0 unspecified atom stereocenters. The van der Waals surface area contributed by atoms with Gasteiger partial charge in [0.2, 0.25) is 0 Å². The van der Waals surface area contributed by atoms with Crippen molar-refractivity contribution in [1.82, 2.24) is 15.0 Å². The summed E-state index contributed by atoms with van der Waals surface area (Å²) in [6, 6.07) is 0.309. The van der Waals surface area contributed by atoms with Crippen LogP contribution in [0.2, 0.25) is 0 Å². The molecule has 0 atom stereocenters. The summed E-state index contributed by atoms with van der Waals surface area (Å²) in [7, 11) is 0. The summed E-state index contributed by atoms with van der Waals surface area (Å²) < 4.78 is 1.72. The van der Waals surface area contributed by atoms with Gasteiger partial charge in [-0.2, -0.15) is 0 Å². The van der Waals surface area contributed by atoms with E-state index in [0.29, 0.717) is 11.5 Å². The molecule has 0 saturated heterocycles. The molecule has 0 aromatic carbocycles. The number of rotatable bonds is 2. The number of hydrogen-bond acceptors (Lipinski definition) is 3. The molecule has 1 N–H and O–H groups in total. The van der Waals surface area contributed by atoms with Crippen LogP contribution in [-0.4, -0.2) is 26.1 Å². The molecular weight excluding hydrogens is 230 g/mol. The molecule has 0 spiro atoms. The molecule has 1 aliphatic rings. The lowest BCUT2D eigenvalue weighted by Gasteiger charge is -2.36. The highest BCUT2D eigenvalue weighted by Gasteiger charge is 2.30. The third kappa shape index (κ3) is 2.71. The van der Waals surface area contributed by atoms with Crippen molar-refractivity contribution in [2.24, 2.45) is 11.3 Å². The van der Waals surface area contributed by atoms with E-state index < -0.39 is 5.97 Å². The molecule has 1 fully saturated rings. The largest absolute Gasteiger partial charge is 0.476 e. The van der Waals surface area contributed by atoms with Gasteiger partial charge in [-0.1, -0.05) is 26.0 Å². The quantitative estimate of drug-likeness (QED) is 0.877. The maximum Gasteiger partial charge on any atom is 0.358 e. The van der Waals surface area contributed by atoms with Crippen molar-refractivity contribution in [3.8, 4) is 0 Å².